The summed E-state index contributed by atoms with van der Waals surface area (Å²) in [6.45, 7) is 9.65. The Balaban J connectivity index is 1.58. The molecule has 0 spiro atoms. The number of benzene rings is 3. The summed E-state index contributed by atoms with van der Waals surface area (Å²) in [6.07, 6.45) is 0. The molecule has 0 fully saturated rings. The van der Waals surface area contributed by atoms with Crippen LogP contribution in [0.1, 0.15) is 73.3 Å². The van der Waals surface area contributed by atoms with Gasteiger partial charge in [0.1, 0.15) is 12.4 Å². The average molecular weight is 429 g/mol. The molecule has 4 heteroatoms. The zero-order valence-corrected chi connectivity index (χ0v) is 19.3. The fourth-order valence-electron chi connectivity index (χ4n) is 4.50. The van der Waals surface area contributed by atoms with Crippen LogP contribution >= 0.6 is 0 Å². The lowest BCUT2D eigenvalue weighted by Gasteiger charge is -2.22. The van der Waals surface area contributed by atoms with Crippen molar-refractivity contribution in [3.63, 3.8) is 0 Å². The molecule has 0 saturated heterocycles. The highest BCUT2D eigenvalue weighted by molar-refractivity contribution is 5.91. The third kappa shape index (κ3) is 4.50. The molecule has 1 aliphatic rings. The summed E-state index contributed by atoms with van der Waals surface area (Å²) in [6, 6.07) is 22.5. The van der Waals surface area contributed by atoms with Crippen LogP contribution in [0, 0.1) is 0 Å². The van der Waals surface area contributed by atoms with Gasteiger partial charge < -0.3 is 15.4 Å². The highest BCUT2D eigenvalue weighted by Crippen LogP contribution is 2.37. The number of hydrogen-bond acceptors (Lipinski definition) is 2. The molecule has 1 unspecified atom stereocenters. The van der Waals surface area contributed by atoms with Gasteiger partial charge in [-0.3, -0.25) is 0 Å². The summed E-state index contributed by atoms with van der Waals surface area (Å²) in [5.41, 5.74) is 6.70. The van der Waals surface area contributed by atoms with Gasteiger partial charge in [0.25, 0.3) is 0 Å². The number of anilines is 1. The second-order valence-corrected chi connectivity index (χ2v) is 9.03. The standard InChI is InChI=1S/C28H32N2O2/c1-18(2)21-13-9-14-22(19(3)4)27(21)30-28(31)29-16-25-23-11-6-5-10-20(23)17-32-26-15-8-7-12-24(25)26/h5-15,18-19,25H,16-17H2,1-4H3,(H2,29,30,31). The van der Waals surface area contributed by atoms with Crippen molar-refractivity contribution in [1.29, 1.82) is 0 Å². The largest absolute Gasteiger partial charge is 0.489 e. The van der Waals surface area contributed by atoms with Gasteiger partial charge in [0.15, 0.2) is 0 Å². The Morgan fingerprint density at radius 2 is 1.50 bits per heavy atom. The van der Waals surface area contributed by atoms with Gasteiger partial charge in [-0.1, -0.05) is 88.4 Å². The van der Waals surface area contributed by atoms with Crippen molar-refractivity contribution in [3.8, 4) is 5.75 Å². The van der Waals surface area contributed by atoms with Crippen LogP contribution in [0.2, 0.25) is 0 Å². The van der Waals surface area contributed by atoms with Gasteiger partial charge in [0.05, 0.1) is 0 Å². The van der Waals surface area contributed by atoms with Gasteiger partial charge in [0.2, 0.25) is 0 Å². The van der Waals surface area contributed by atoms with Crippen molar-refractivity contribution in [3.05, 3.63) is 94.5 Å². The monoisotopic (exact) mass is 428 g/mol. The molecule has 0 aromatic heterocycles. The summed E-state index contributed by atoms with van der Waals surface area (Å²) in [5, 5.41) is 6.30. The third-order valence-corrected chi connectivity index (χ3v) is 6.19. The predicted molar refractivity (Wildman–Crippen MR) is 131 cm³/mol. The van der Waals surface area contributed by atoms with Crippen molar-refractivity contribution in [2.75, 3.05) is 11.9 Å². The fraction of sp³-hybridized carbons (Fsp3) is 0.321. The number of nitrogens with one attached hydrogen (secondary N) is 2. The van der Waals surface area contributed by atoms with Gasteiger partial charge in [-0.15, -0.1) is 0 Å². The van der Waals surface area contributed by atoms with Crippen LogP contribution in [0.15, 0.2) is 66.7 Å². The molecule has 2 amide bonds. The van der Waals surface area contributed by atoms with Crippen LogP contribution in [0.25, 0.3) is 0 Å². The Kier molecular flexibility index (Phi) is 6.50. The van der Waals surface area contributed by atoms with E-state index in [4.69, 9.17) is 4.74 Å². The first-order valence-corrected chi connectivity index (χ1v) is 11.4. The normalized spacial score (nSPS) is 14.9. The van der Waals surface area contributed by atoms with Gasteiger partial charge >= 0.3 is 6.03 Å². The molecule has 1 heterocycles. The topological polar surface area (TPSA) is 50.4 Å². The zero-order valence-electron chi connectivity index (χ0n) is 19.3. The smallest absolute Gasteiger partial charge is 0.319 e. The Hall–Kier alpha value is -3.27. The lowest BCUT2D eigenvalue weighted by atomic mass is 9.88. The maximum atomic E-state index is 13.1. The second-order valence-electron chi connectivity index (χ2n) is 9.03. The number of hydrogen-bond donors (Lipinski definition) is 2. The van der Waals surface area contributed by atoms with E-state index >= 15 is 0 Å². The van der Waals surface area contributed by atoms with Crippen LogP contribution in [0.5, 0.6) is 5.75 Å². The Labute approximate surface area is 191 Å². The molecule has 3 aromatic rings. The Bertz CT molecular complexity index is 1030. The van der Waals surface area contributed by atoms with E-state index in [-0.39, 0.29) is 11.9 Å². The summed E-state index contributed by atoms with van der Waals surface area (Å²) < 4.78 is 6.06. The van der Waals surface area contributed by atoms with Gasteiger partial charge in [0, 0.05) is 23.7 Å². The maximum absolute atomic E-state index is 13.1. The molecule has 4 rings (SSSR count). The quantitative estimate of drug-likeness (QED) is 0.471. The van der Waals surface area contributed by atoms with Crippen LogP contribution in [0.3, 0.4) is 0 Å². The summed E-state index contributed by atoms with van der Waals surface area (Å²) in [4.78, 5) is 13.1. The first-order chi connectivity index (χ1) is 15.5. The van der Waals surface area contributed by atoms with Crippen molar-refractivity contribution in [1.82, 2.24) is 5.32 Å². The van der Waals surface area contributed by atoms with Gasteiger partial charge in [-0.25, -0.2) is 4.79 Å². The molecule has 1 aliphatic heterocycles. The lowest BCUT2D eigenvalue weighted by molar-refractivity contribution is 0.251. The van der Waals surface area contributed by atoms with Crippen molar-refractivity contribution < 1.29 is 9.53 Å². The van der Waals surface area contributed by atoms with Crippen molar-refractivity contribution in [2.45, 2.75) is 52.1 Å². The molecular weight excluding hydrogens is 396 g/mol. The van der Waals surface area contributed by atoms with Crippen LogP contribution in [-0.2, 0) is 6.61 Å². The minimum Gasteiger partial charge on any atom is -0.489 e. The van der Waals surface area contributed by atoms with E-state index in [9.17, 15) is 4.79 Å². The minimum absolute atomic E-state index is 0.0283. The molecule has 2 N–H and O–H groups in total. The van der Waals surface area contributed by atoms with E-state index in [1.165, 1.54) is 5.56 Å². The maximum Gasteiger partial charge on any atom is 0.319 e. The number of rotatable bonds is 5. The minimum atomic E-state index is -0.180. The SMILES string of the molecule is CC(C)c1cccc(C(C)C)c1NC(=O)NCC1c2ccccc2COc2ccccc21. The van der Waals surface area contributed by atoms with E-state index in [1.807, 2.05) is 30.3 Å². The Morgan fingerprint density at radius 1 is 0.875 bits per heavy atom. The van der Waals surface area contributed by atoms with Crippen LogP contribution in [0.4, 0.5) is 10.5 Å². The highest BCUT2D eigenvalue weighted by Gasteiger charge is 2.25. The first kappa shape index (κ1) is 21.9. The van der Waals surface area contributed by atoms with Gasteiger partial charge in [-0.2, -0.15) is 0 Å². The molecule has 166 valence electrons. The van der Waals surface area contributed by atoms with E-state index in [0.29, 0.717) is 25.0 Å². The van der Waals surface area contributed by atoms with E-state index in [2.05, 4.69) is 74.7 Å². The number of fused-ring (bicyclic) bond motifs is 2. The molecule has 3 aromatic carbocycles. The molecule has 1 atom stereocenters. The number of ether oxygens (including phenoxy) is 1. The van der Waals surface area contributed by atoms with Crippen molar-refractivity contribution >= 4 is 11.7 Å². The third-order valence-electron chi connectivity index (χ3n) is 6.19. The van der Waals surface area contributed by atoms with Crippen molar-refractivity contribution in [2.24, 2.45) is 0 Å². The molecule has 0 bridgehead atoms. The molecule has 32 heavy (non-hydrogen) atoms. The lowest BCUT2D eigenvalue weighted by Crippen LogP contribution is -2.33. The van der Waals surface area contributed by atoms with E-state index in [1.54, 1.807) is 0 Å². The Morgan fingerprint density at radius 3 is 2.19 bits per heavy atom. The summed E-state index contributed by atoms with van der Waals surface area (Å²) in [5.74, 6) is 1.55. The molecule has 4 nitrogen and oxygen atoms in total. The molecule has 0 aliphatic carbocycles. The fourth-order valence-corrected chi connectivity index (χ4v) is 4.50. The number of carbonyl (C=O) groups excluding carboxylic acids is 1. The predicted octanol–water partition coefficient (Wildman–Crippen LogP) is 6.78. The number of urea groups is 1. The number of carbonyl (C=O) groups is 1. The van der Waals surface area contributed by atoms with Gasteiger partial charge in [-0.05, 0) is 40.2 Å². The van der Waals surface area contributed by atoms with Crippen LogP contribution < -0.4 is 15.4 Å². The van der Waals surface area contributed by atoms with Crippen LogP contribution in [-0.4, -0.2) is 12.6 Å². The number of para-hydroxylation sites is 2. The zero-order chi connectivity index (χ0) is 22.7. The second kappa shape index (κ2) is 9.47. The summed E-state index contributed by atoms with van der Waals surface area (Å²) >= 11 is 0. The number of amides is 2. The first-order valence-electron chi connectivity index (χ1n) is 11.4. The van der Waals surface area contributed by atoms with E-state index < -0.39 is 0 Å². The summed E-state index contributed by atoms with van der Waals surface area (Å²) in [7, 11) is 0. The molecule has 0 saturated carbocycles. The molecule has 0 radical (unpaired) electrons. The molecular formula is C28H32N2O2. The highest BCUT2D eigenvalue weighted by atomic mass is 16.5. The van der Waals surface area contributed by atoms with E-state index in [0.717, 1.165) is 33.7 Å². The average Bonchev–Trinajstić information content (AvgIpc) is 2.94.